The van der Waals surface area contributed by atoms with Gasteiger partial charge in [-0.15, -0.1) is 0 Å². The number of aliphatic hydroxyl groups is 1. The van der Waals surface area contributed by atoms with Gasteiger partial charge in [0.2, 0.25) is 0 Å². The molecule has 0 amide bonds. The molecule has 0 heterocycles. The number of hydrogen-bond donors (Lipinski definition) is 2. The van der Waals surface area contributed by atoms with Crippen molar-refractivity contribution in [2.45, 2.75) is 70.8 Å². The Hall–Kier alpha value is -1.55. The summed E-state index contributed by atoms with van der Waals surface area (Å²) < 4.78 is 5.05. The number of phenolic OH excluding ortho intramolecular Hbond substituents is 1. The van der Waals surface area contributed by atoms with Crippen molar-refractivity contribution in [2.75, 3.05) is 7.11 Å². The molecule has 130 valence electrons. The van der Waals surface area contributed by atoms with Crippen molar-refractivity contribution in [3.05, 3.63) is 23.8 Å². The molecule has 0 aliphatic heterocycles. The summed E-state index contributed by atoms with van der Waals surface area (Å²) in [6.45, 7) is 2.19. The summed E-state index contributed by atoms with van der Waals surface area (Å²) in [5.74, 6) is 0.388. The number of ether oxygens (including phenoxy) is 1. The molecule has 4 heteroatoms. The zero-order valence-electron chi connectivity index (χ0n) is 14.4. The van der Waals surface area contributed by atoms with E-state index in [4.69, 9.17) is 4.74 Å². The first-order valence-corrected chi connectivity index (χ1v) is 8.65. The fraction of sp³-hybridized carbons (Fsp3) is 0.632. The van der Waals surface area contributed by atoms with Crippen LogP contribution in [0.25, 0.3) is 0 Å². The number of phenols is 1. The van der Waals surface area contributed by atoms with Crippen LogP contribution in [-0.2, 0) is 11.2 Å². The van der Waals surface area contributed by atoms with Gasteiger partial charge in [-0.1, -0.05) is 51.5 Å². The Morgan fingerprint density at radius 1 is 1.17 bits per heavy atom. The highest BCUT2D eigenvalue weighted by Gasteiger charge is 2.14. The van der Waals surface area contributed by atoms with Crippen molar-refractivity contribution in [3.8, 4) is 11.5 Å². The van der Waals surface area contributed by atoms with Gasteiger partial charge in [0.25, 0.3) is 0 Å². The molecule has 0 spiro atoms. The maximum atomic E-state index is 12.0. The zero-order valence-corrected chi connectivity index (χ0v) is 14.4. The first kappa shape index (κ1) is 19.5. The van der Waals surface area contributed by atoms with Crippen molar-refractivity contribution >= 4 is 5.78 Å². The molecule has 0 aliphatic carbocycles. The number of ketones is 1. The summed E-state index contributed by atoms with van der Waals surface area (Å²) >= 11 is 0. The number of benzene rings is 1. The van der Waals surface area contributed by atoms with Crippen LogP contribution in [0.5, 0.6) is 11.5 Å². The molecule has 23 heavy (non-hydrogen) atoms. The Morgan fingerprint density at radius 2 is 1.87 bits per heavy atom. The SMILES string of the molecule is CCCCCCCCC(O)C(=O)CCc1ccc(O)c(OC)c1. The van der Waals surface area contributed by atoms with E-state index in [1.807, 2.05) is 0 Å². The molecule has 0 aliphatic rings. The van der Waals surface area contributed by atoms with Crippen molar-refractivity contribution in [1.82, 2.24) is 0 Å². The van der Waals surface area contributed by atoms with E-state index in [9.17, 15) is 15.0 Å². The second-order valence-corrected chi connectivity index (χ2v) is 6.04. The number of carbonyl (C=O) groups is 1. The molecule has 0 radical (unpaired) electrons. The topological polar surface area (TPSA) is 66.8 Å². The average molecular weight is 322 g/mol. The minimum atomic E-state index is -0.847. The van der Waals surface area contributed by atoms with E-state index in [-0.39, 0.29) is 11.5 Å². The summed E-state index contributed by atoms with van der Waals surface area (Å²) in [5, 5.41) is 19.5. The third-order valence-corrected chi connectivity index (χ3v) is 4.11. The summed E-state index contributed by atoms with van der Waals surface area (Å²) in [5.41, 5.74) is 0.916. The highest BCUT2D eigenvalue weighted by atomic mass is 16.5. The summed E-state index contributed by atoms with van der Waals surface area (Å²) in [6.07, 6.45) is 7.47. The van der Waals surface area contributed by atoms with Gasteiger partial charge in [-0.25, -0.2) is 0 Å². The smallest absolute Gasteiger partial charge is 0.161 e. The maximum absolute atomic E-state index is 12.0. The highest BCUT2D eigenvalue weighted by Crippen LogP contribution is 2.26. The lowest BCUT2D eigenvalue weighted by Gasteiger charge is -2.10. The Kier molecular flexibility index (Phi) is 9.37. The van der Waals surface area contributed by atoms with E-state index in [0.29, 0.717) is 25.0 Å². The van der Waals surface area contributed by atoms with Crippen LogP contribution >= 0.6 is 0 Å². The number of aromatic hydroxyl groups is 1. The number of aryl methyl sites for hydroxylation is 1. The number of Topliss-reactive ketones (excluding diaryl/α,β-unsaturated/α-hetero) is 1. The van der Waals surface area contributed by atoms with Gasteiger partial charge in [0.1, 0.15) is 6.10 Å². The normalized spacial score (nSPS) is 12.1. The Balaban J connectivity index is 2.27. The lowest BCUT2D eigenvalue weighted by atomic mass is 10.0. The van der Waals surface area contributed by atoms with E-state index in [1.165, 1.54) is 32.8 Å². The fourth-order valence-electron chi connectivity index (χ4n) is 2.59. The second-order valence-electron chi connectivity index (χ2n) is 6.04. The van der Waals surface area contributed by atoms with Crippen LogP contribution < -0.4 is 4.74 Å². The zero-order chi connectivity index (χ0) is 17.1. The van der Waals surface area contributed by atoms with Gasteiger partial charge in [-0.05, 0) is 30.5 Å². The number of methoxy groups -OCH3 is 1. The molecule has 2 N–H and O–H groups in total. The molecule has 1 aromatic rings. The number of hydrogen-bond acceptors (Lipinski definition) is 4. The maximum Gasteiger partial charge on any atom is 0.161 e. The fourth-order valence-corrected chi connectivity index (χ4v) is 2.59. The van der Waals surface area contributed by atoms with Crippen LogP contribution in [0.2, 0.25) is 0 Å². The van der Waals surface area contributed by atoms with Gasteiger partial charge >= 0.3 is 0 Å². The number of aliphatic hydroxyl groups excluding tert-OH is 1. The summed E-state index contributed by atoms with van der Waals surface area (Å²) in [4.78, 5) is 12.0. The molecule has 0 aromatic heterocycles. The molecule has 0 saturated carbocycles. The van der Waals surface area contributed by atoms with Crippen LogP contribution in [0.15, 0.2) is 18.2 Å². The van der Waals surface area contributed by atoms with E-state index in [2.05, 4.69) is 6.92 Å². The lowest BCUT2D eigenvalue weighted by Crippen LogP contribution is -2.20. The molecular formula is C19H30O4. The van der Waals surface area contributed by atoms with Gasteiger partial charge in [0.05, 0.1) is 7.11 Å². The van der Waals surface area contributed by atoms with Gasteiger partial charge < -0.3 is 14.9 Å². The average Bonchev–Trinajstić information content (AvgIpc) is 2.56. The van der Waals surface area contributed by atoms with Crippen LogP contribution in [0.3, 0.4) is 0 Å². The molecular weight excluding hydrogens is 292 g/mol. The molecule has 0 bridgehead atoms. The first-order chi connectivity index (χ1) is 11.1. The van der Waals surface area contributed by atoms with Crippen LogP contribution in [-0.4, -0.2) is 29.2 Å². The molecule has 1 aromatic carbocycles. The van der Waals surface area contributed by atoms with Crippen molar-refractivity contribution in [3.63, 3.8) is 0 Å². The summed E-state index contributed by atoms with van der Waals surface area (Å²) in [7, 11) is 1.49. The third kappa shape index (κ3) is 7.51. The first-order valence-electron chi connectivity index (χ1n) is 8.65. The van der Waals surface area contributed by atoms with Crippen LogP contribution in [0.1, 0.15) is 63.9 Å². The van der Waals surface area contributed by atoms with Crippen LogP contribution in [0.4, 0.5) is 0 Å². The predicted octanol–water partition coefficient (Wildman–Crippen LogP) is 4.01. The molecule has 1 atom stereocenters. The molecule has 1 rings (SSSR count). The minimum absolute atomic E-state index is 0.0886. The number of unbranched alkanes of at least 4 members (excludes halogenated alkanes) is 5. The van der Waals surface area contributed by atoms with Gasteiger partial charge in [-0.3, -0.25) is 4.79 Å². The van der Waals surface area contributed by atoms with E-state index >= 15 is 0 Å². The van der Waals surface area contributed by atoms with Crippen molar-refractivity contribution in [2.24, 2.45) is 0 Å². The summed E-state index contributed by atoms with van der Waals surface area (Å²) in [6, 6.07) is 5.05. The second kappa shape index (κ2) is 11.1. The van der Waals surface area contributed by atoms with Crippen LogP contribution in [0, 0.1) is 0 Å². The molecule has 0 saturated heterocycles. The number of carbonyl (C=O) groups excluding carboxylic acids is 1. The Labute approximate surface area is 139 Å². The van der Waals surface area contributed by atoms with Gasteiger partial charge in [-0.2, -0.15) is 0 Å². The van der Waals surface area contributed by atoms with E-state index < -0.39 is 6.10 Å². The minimum Gasteiger partial charge on any atom is -0.504 e. The third-order valence-electron chi connectivity index (χ3n) is 4.11. The molecule has 4 nitrogen and oxygen atoms in total. The predicted molar refractivity (Wildman–Crippen MR) is 92.0 cm³/mol. The standard InChI is InChI=1S/C19H30O4/c1-3-4-5-6-7-8-9-16(20)17(21)12-10-15-11-13-18(22)19(14-15)23-2/h11,13-14,16,20,22H,3-10,12H2,1-2H3. The van der Waals surface area contributed by atoms with E-state index in [0.717, 1.165) is 18.4 Å². The van der Waals surface area contributed by atoms with Gasteiger partial charge in [0, 0.05) is 6.42 Å². The Bertz CT molecular complexity index is 470. The molecule has 0 fully saturated rings. The Morgan fingerprint density at radius 3 is 2.57 bits per heavy atom. The molecule has 1 unspecified atom stereocenters. The van der Waals surface area contributed by atoms with Gasteiger partial charge in [0.15, 0.2) is 17.3 Å². The lowest BCUT2D eigenvalue weighted by molar-refractivity contribution is -0.127. The number of rotatable bonds is 12. The quantitative estimate of drug-likeness (QED) is 0.571. The largest absolute Gasteiger partial charge is 0.504 e. The highest BCUT2D eigenvalue weighted by molar-refractivity contribution is 5.82. The van der Waals surface area contributed by atoms with Crippen molar-refractivity contribution in [1.29, 1.82) is 0 Å². The van der Waals surface area contributed by atoms with Crippen molar-refractivity contribution < 1.29 is 19.7 Å². The van der Waals surface area contributed by atoms with E-state index in [1.54, 1.807) is 18.2 Å². The monoisotopic (exact) mass is 322 g/mol.